The molecule has 6 nitrogen and oxygen atoms in total. The topological polar surface area (TPSA) is 84.2 Å². The lowest BCUT2D eigenvalue weighted by atomic mass is 10.0. The number of nitrogens with one attached hydrogen (secondary N) is 2. The SMILES string of the molecule is CNCc1ccc(S(=O)(=O)Nc2nc3c(s2)CCCC3)o1. The van der Waals surface area contributed by atoms with E-state index in [9.17, 15) is 8.42 Å². The molecule has 0 spiro atoms. The first-order valence-electron chi connectivity index (χ1n) is 6.83. The largest absolute Gasteiger partial charge is 0.446 e. The van der Waals surface area contributed by atoms with Crippen LogP contribution in [0, 0.1) is 0 Å². The third-order valence-electron chi connectivity index (χ3n) is 3.32. The quantitative estimate of drug-likeness (QED) is 0.879. The van der Waals surface area contributed by atoms with E-state index in [0.29, 0.717) is 17.4 Å². The molecule has 0 saturated heterocycles. The van der Waals surface area contributed by atoms with E-state index in [2.05, 4.69) is 15.0 Å². The minimum atomic E-state index is -3.71. The fourth-order valence-electron chi connectivity index (χ4n) is 2.33. The Bertz CT molecular complexity index is 710. The van der Waals surface area contributed by atoms with Crippen molar-refractivity contribution in [1.29, 1.82) is 0 Å². The first-order valence-corrected chi connectivity index (χ1v) is 9.13. The van der Waals surface area contributed by atoms with Crippen molar-refractivity contribution in [1.82, 2.24) is 10.3 Å². The number of rotatable bonds is 5. The smallest absolute Gasteiger partial charge is 0.297 e. The van der Waals surface area contributed by atoms with Gasteiger partial charge in [-0.15, -0.1) is 11.3 Å². The van der Waals surface area contributed by atoms with Gasteiger partial charge in [-0.25, -0.2) is 4.98 Å². The summed E-state index contributed by atoms with van der Waals surface area (Å²) in [5, 5.41) is 3.25. The number of aryl methyl sites for hydroxylation is 2. The second kappa shape index (κ2) is 5.78. The lowest BCUT2D eigenvalue weighted by molar-refractivity contribution is 0.408. The summed E-state index contributed by atoms with van der Waals surface area (Å²) in [6.07, 6.45) is 4.18. The first-order chi connectivity index (χ1) is 10.1. The van der Waals surface area contributed by atoms with Crippen LogP contribution in [0.4, 0.5) is 5.13 Å². The van der Waals surface area contributed by atoms with Crippen LogP contribution in [0.5, 0.6) is 0 Å². The minimum Gasteiger partial charge on any atom is -0.446 e. The highest BCUT2D eigenvalue weighted by molar-refractivity contribution is 7.92. The normalized spacial score (nSPS) is 14.9. The van der Waals surface area contributed by atoms with E-state index in [0.717, 1.165) is 31.4 Å². The summed E-state index contributed by atoms with van der Waals surface area (Å²) in [6.45, 7) is 0.487. The molecule has 2 aromatic rings. The van der Waals surface area contributed by atoms with Crippen LogP contribution in [0.3, 0.4) is 0 Å². The Labute approximate surface area is 127 Å². The Morgan fingerprint density at radius 1 is 1.33 bits per heavy atom. The van der Waals surface area contributed by atoms with E-state index in [1.807, 2.05) is 0 Å². The van der Waals surface area contributed by atoms with Gasteiger partial charge < -0.3 is 9.73 Å². The van der Waals surface area contributed by atoms with Crippen molar-refractivity contribution in [3.63, 3.8) is 0 Å². The van der Waals surface area contributed by atoms with Gasteiger partial charge in [0, 0.05) is 4.88 Å². The van der Waals surface area contributed by atoms with Gasteiger partial charge in [0.25, 0.3) is 10.0 Å². The average Bonchev–Trinajstić information content (AvgIpc) is 3.04. The fourth-order valence-corrected chi connectivity index (χ4v) is 4.57. The summed E-state index contributed by atoms with van der Waals surface area (Å²) in [4.78, 5) is 5.57. The summed E-state index contributed by atoms with van der Waals surface area (Å²) in [5.74, 6) is 0.580. The van der Waals surface area contributed by atoms with E-state index in [4.69, 9.17) is 4.42 Å². The maximum Gasteiger partial charge on any atom is 0.297 e. The molecule has 114 valence electrons. The molecule has 0 atom stereocenters. The van der Waals surface area contributed by atoms with Gasteiger partial charge in [0.1, 0.15) is 5.76 Å². The molecule has 2 aromatic heterocycles. The predicted molar refractivity (Wildman–Crippen MR) is 81.0 cm³/mol. The van der Waals surface area contributed by atoms with E-state index in [-0.39, 0.29) is 5.09 Å². The molecule has 21 heavy (non-hydrogen) atoms. The van der Waals surface area contributed by atoms with Gasteiger partial charge in [0.05, 0.1) is 12.2 Å². The maximum absolute atomic E-state index is 12.3. The summed E-state index contributed by atoms with van der Waals surface area (Å²) < 4.78 is 32.4. The van der Waals surface area contributed by atoms with Crippen molar-refractivity contribution in [2.75, 3.05) is 11.8 Å². The number of hydrogen-bond acceptors (Lipinski definition) is 6. The Morgan fingerprint density at radius 3 is 2.90 bits per heavy atom. The monoisotopic (exact) mass is 327 g/mol. The Morgan fingerprint density at radius 2 is 2.14 bits per heavy atom. The van der Waals surface area contributed by atoms with Crippen molar-refractivity contribution >= 4 is 26.5 Å². The second-order valence-corrected chi connectivity index (χ2v) is 7.65. The number of furan rings is 1. The molecule has 8 heteroatoms. The van der Waals surface area contributed by atoms with E-state index >= 15 is 0 Å². The van der Waals surface area contributed by atoms with Crippen LogP contribution in [0.1, 0.15) is 29.2 Å². The lowest BCUT2D eigenvalue weighted by Gasteiger charge is -2.06. The molecule has 0 amide bonds. The van der Waals surface area contributed by atoms with E-state index in [1.165, 1.54) is 22.3 Å². The molecule has 0 unspecified atom stereocenters. The van der Waals surface area contributed by atoms with Gasteiger partial charge in [-0.3, -0.25) is 4.72 Å². The zero-order chi connectivity index (χ0) is 14.9. The molecule has 0 aromatic carbocycles. The van der Waals surface area contributed by atoms with Crippen LogP contribution < -0.4 is 10.0 Å². The summed E-state index contributed by atoms with van der Waals surface area (Å²) in [7, 11) is -1.93. The van der Waals surface area contributed by atoms with Gasteiger partial charge >= 0.3 is 0 Å². The molecule has 0 fully saturated rings. The van der Waals surface area contributed by atoms with Crippen LogP contribution in [-0.4, -0.2) is 20.4 Å². The van der Waals surface area contributed by atoms with Crippen LogP contribution >= 0.6 is 11.3 Å². The number of hydrogen-bond donors (Lipinski definition) is 2. The lowest BCUT2D eigenvalue weighted by Crippen LogP contribution is -2.12. The zero-order valence-electron chi connectivity index (χ0n) is 11.7. The van der Waals surface area contributed by atoms with Gasteiger partial charge in [0.2, 0.25) is 5.09 Å². The second-order valence-electron chi connectivity index (χ2n) is 4.95. The molecule has 3 rings (SSSR count). The molecular formula is C13H17N3O3S2. The standard InChI is InChI=1S/C13H17N3O3S2/c1-14-8-9-6-7-12(19-9)21(17,18)16-13-15-10-4-2-3-5-11(10)20-13/h6-7,14H,2-5,8H2,1H3,(H,15,16). The summed E-state index contributed by atoms with van der Waals surface area (Å²) in [6, 6.07) is 3.11. The summed E-state index contributed by atoms with van der Waals surface area (Å²) in [5.41, 5.74) is 1.03. The highest BCUT2D eigenvalue weighted by atomic mass is 32.2. The van der Waals surface area contributed by atoms with Crippen LogP contribution in [0.2, 0.25) is 0 Å². The fraction of sp³-hybridized carbons (Fsp3) is 0.462. The molecule has 2 heterocycles. The molecule has 0 radical (unpaired) electrons. The number of aromatic nitrogens is 1. The number of nitrogens with zero attached hydrogens (tertiary/aromatic N) is 1. The van der Waals surface area contributed by atoms with Gasteiger partial charge in [-0.2, -0.15) is 8.42 Å². The van der Waals surface area contributed by atoms with Crippen molar-refractivity contribution in [3.05, 3.63) is 28.5 Å². The van der Waals surface area contributed by atoms with E-state index < -0.39 is 10.0 Å². The van der Waals surface area contributed by atoms with Gasteiger partial charge in [-0.1, -0.05) is 0 Å². The molecule has 1 aliphatic rings. The van der Waals surface area contributed by atoms with Crippen molar-refractivity contribution < 1.29 is 12.8 Å². The minimum absolute atomic E-state index is 0.0825. The van der Waals surface area contributed by atoms with Crippen molar-refractivity contribution in [3.8, 4) is 0 Å². The molecule has 0 bridgehead atoms. The summed E-state index contributed by atoms with van der Waals surface area (Å²) >= 11 is 1.42. The zero-order valence-corrected chi connectivity index (χ0v) is 13.3. The maximum atomic E-state index is 12.3. The molecular weight excluding hydrogens is 310 g/mol. The highest BCUT2D eigenvalue weighted by Gasteiger charge is 2.22. The molecule has 2 N–H and O–H groups in total. The molecule has 1 aliphatic carbocycles. The predicted octanol–water partition coefficient (Wildman–Crippen LogP) is 2.14. The first kappa shape index (κ1) is 14.6. The van der Waals surface area contributed by atoms with Crippen LogP contribution in [0.15, 0.2) is 21.6 Å². The number of sulfonamides is 1. The van der Waals surface area contributed by atoms with Crippen LogP contribution in [0.25, 0.3) is 0 Å². The van der Waals surface area contributed by atoms with E-state index in [1.54, 1.807) is 13.1 Å². The van der Waals surface area contributed by atoms with Gasteiger partial charge in [-0.05, 0) is 44.9 Å². The number of thiazole rings is 1. The Balaban J connectivity index is 1.80. The Hall–Kier alpha value is -1.38. The molecule has 0 saturated carbocycles. The highest BCUT2D eigenvalue weighted by Crippen LogP contribution is 2.30. The Kier molecular flexibility index (Phi) is 4.01. The number of fused-ring (bicyclic) bond motifs is 1. The molecule has 0 aliphatic heterocycles. The third kappa shape index (κ3) is 3.12. The van der Waals surface area contributed by atoms with Gasteiger partial charge in [0.15, 0.2) is 5.13 Å². The van der Waals surface area contributed by atoms with Crippen LogP contribution in [-0.2, 0) is 29.4 Å². The third-order valence-corrected chi connectivity index (χ3v) is 5.73. The van der Waals surface area contributed by atoms with Crippen molar-refractivity contribution in [2.24, 2.45) is 0 Å². The number of anilines is 1. The average molecular weight is 327 g/mol. The van der Waals surface area contributed by atoms with Crippen molar-refractivity contribution in [2.45, 2.75) is 37.3 Å².